The Bertz CT molecular complexity index is 231. The minimum atomic E-state index is 0.0343. The maximum atomic E-state index is 10.9. The summed E-state index contributed by atoms with van der Waals surface area (Å²) in [6, 6.07) is 0. The molecule has 4 nitrogen and oxygen atoms in total. The van der Waals surface area contributed by atoms with Gasteiger partial charge >= 0.3 is 0 Å². The summed E-state index contributed by atoms with van der Waals surface area (Å²) in [5.74, 6) is 0.888. The summed E-state index contributed by atoms with van der Waals surface area (Å²) < 4.78 is 0. The summed E-state index contributed by atoms with van der Waals surface area (Å²) in [5, 5.41) is 2.77. The fourth-order valence-corrected chi connectivity index (χ4v) is 1.83. The molecular weight excluding hydrogens is 166 g/mol. The van der Waals surface area contributed by atoms with Crippen LogP contribution in [0.3, 0.4) is 0 Å². The Kier molecular flexibility index (Phi) is 2.59. The molecule has 0 saturated carbocycles. The van der Waals surface area contributed by atoms with Gasteiger partial charge in [-0.15, -0.1) is 0 Å². The molecule has 0 aromatic carbocycles. The molecule has 2 aliphatic rings. The van der Waals surface area contributed by atoms with Crippen molar-refractivity contribution in [1.29, 1.82) is 0 Å². The Hall–Kier alpha value is -0.900. The Balaban J connectivity index is 1.80. The van der Waals surface area contributed by atoms with E-state index in [-0.39, 0.29) is 5.91 Å². The number of rotatable bonds is 2. The molecule has 2 aliphatic heterocycles. The Morgan fingerprint density at radius 3 is 2.69 bits per heavy atom. The van der Waals surface area contributed by atoms with Crippen molar-refractivity contribution in [2.24, 2.45) is 4.99 Å². The first-order valence-electron chi connectivity index (χ1n) is 4.90. The fraction of sp³-hybridized carbons (Fsp3) is 0.778. The van der Waals surface area contributed by atoms with Crippen LogP contribution in [-0.4, -0.2) is 42.8 Å². The second-order valence-corrected chi connectivity index (χ2v) is 3.65. The maximum absolute atomic E-state index is 10.9. The fourth-order valence-electron chi connectivity index (χ4n) is 1.83. The molecule has 2 heterocycles. The lowest BCUT2D eigenvalue weighted by Gasteiger charge is -2.25. The molecule has 0 aliphatic carbocycles. The quantitative estimate of drug-likeness (QED) is 0.651. The van der Waals surface area contributed by atoms with E-state index >= 15 is 0 Å². The number of nitrogens with zero attached hydrogens (tertiary/aromatic N) is 2. The van der Waals surface area contributed by atoms with Gasteiger partial charge in [-0.2, -0.15) is 0 Å². The van der Waals surface area contributed by atoms with Crippen molar-refractivity contribution in [3.05, 3.63) is 0 Å². The topological polar surface area (TPSA) is 44.7 Å². The van der Waals surface area contributed by atoms with E-state index in [9.17, 15) is 4.79 Å². The van der Waals surface area contributed by atoms with Gasteiger partial charge in [-0.3, -0.25) is 14.7 Å². The van der Waals surface area contributed by atoms with Crippen molar-refractivity contribution in [1.82, 2.24) is 10.2 Å². The molecule has 2 rings (SSSR count). The molecule has 4 heteroatoms. The standard InChI is InChI=1S/C9H15N3O/c13-9-6-10-8(11-9)7-12-4-2-1-3-5-12/h1-7H2,(H,10,11,13). The number of hydrogen-bond acceptors (Lipinski definition) is 3. The summed E-state index contributed by atoms with van der Waals surface area (Å²) in [6.45, 7) is 3.44. The Morgan fingerprint density at radius 1 is 1.31 bits per heavy atom. The maximum Gasteiger partial charge on any atom is 0.247 e. The van der Waals surface area contributed by atoms with Crippen LogP contribution in [0.4, 0.5) is 0 Å². The molecule has 0 spiro atoms. The summed E-state index contributed by atoms with van der Waals surface area (Å²) in [6.07, 6.45) is 3.90. The van der Waals surface area contributed by atoms with Gasteiger partial charge < -0.3 is 5.32 Å². The predicted molar refractivity (Wildman–Crippen MR) is 50.7 cm³/mol. The third-order valence-corrected chi connectivity index (χ3v) is 2.52. The highest BCUT2D eigenvalue weighted by Gasteiger charge is 2.17. The molecule has 0 radical (unpaired) electrons. The highest BCUT2D eigenvalue weighted by molar-refractivity contribution is 6.04. The largest absolute Gasteiger partial charge is 0.312 e. The normalized spacial score (nSPS) is 24.3. The van der Waals surface area contributed by atoms with E-state index in [0.29, 0.717) is 6.54 Å². The highest BCUT2D eigenvalue weighted by Crippen LogP contribution is 2.08. The number of carbonyl (C=O) groups excluding carboxylic acids is 1. The van der Waals surface area contributed by atoms with E-state index in [4.69, 9.17) is 0 Å². The highest BCUT2D eigenvalue weighted by atomic mass is 16.2. The average Bonchev–Trinajstić information content (AvgIpc) is 2.53. The van der Waals surface area contributed by atoms with Crippen molar-refractivity contribution in [3.63, 3.8) is 0 Å². The number of nitrogens with one attached hydrogen (secondary N) is 1. The Morgan fingerprint density at radius 2 is 2.08 bits per heavy atom. The second kappa shape index (κ2) is 3.87. The van der Waals surface area contributed by atoms with E-state index in [0.717, 1.165) is 25.5 Å². The van der Waals surface area contributed by atoms with Gasteiger partial charge in [-0.1, -0.05) is 6.42 Å². The minimum absolute atomic E-state index is 0.0343. The number of carbonyl (C=O) groups is 1. The third kappa shape index (κ3) is 2.28. The molecule has 0 aromatic heterocycles. The van der Waals surface area contributed by atoms with Crippen LogP contribution in [-0.2, 0) is 4.79 Å². The number of aliphatic imine (C=N–C) groups is 1. The van der Waals surface area contributed by atoms with Gasteiger partial charge in [0.1, 0.15) is 12.4 Å². The van der Waals surface area contributed by atoms with Crippen LogP contribution in [0.5, 0.6) is 0 Å². The van der Waals surface area contributed by atoms with E-state index in [1.807, 2.05) is 0 Å². The first-order valence-corrected chi connectivity index (χ1v) is 4.90. The van der Waals surface area contributed by atoms with Crippen LogP contribution in [0.25, 0.3) is 0 Å². The zero-order valence-electron chi connectivity index (χ0n) is 7.75. The van der Waals surface area contributed by atoms with Crippen LogP contribution in [0.1, 0.15) is 19.3 Å². The van der Waals surface area contributed by atoms with Gasteiger partial charge in [0.25, 0.3) is 0 Å². The number of hydrogen-bond donors (Lipinski definition) is 1. The first-order chi connectivity index (χ1) is 6.34. The average molecular weight is 181 g/mol. The summed E-state index contributed by atoms with van der Waals surface area (Å²) in [5.41, 5.74) is 0. The van der Waals surface area contributed by atoms with Crippen LogP contribution in [0.2, 0.25) is 0 Å². The Labute approximate surface area is 78.0 Å². The van der Waals surface area contributed by atoms with Crippen molar-refractivity contribution in [3.8, 4) is 0 Å². The molecule has 13 heavy (non-hydrogen) atoms. The summed E-state index contributed by atoms with van der Waals surface area (Å²) in [4.78, 5) is 17.3. The van der Waals surface area contributed by atoms with Gasteiger partial charge in [0.15, 0.2) is 0 Å². The van der Waals surface area contributed by atoms with E-state index < -0.39 is 0 Å². The number of likely N-dealkylation sites (tertiary alicyclic amines) is 1. The minimum Gasteiger partial charge on any atom is -0.312 e. The predicted octanol–water partition coefficient (Wildman–Crippen LogP) is 0.000600. The van der Waals surface area contributed by atoms with Gasteiger partial charge in [0.2, 0.25) is 5.91 Å². The lowest BCUT2D eigenvalue weighted by atomic mass is 10.1. The van der Waals surface area contributed by atoms with E-state index in [1.54, 1.807) is 0 Å². The van der Waals surface area contributed by atoms with E-state index in [1.165, 1.54) is 19.3 Å². The molecule has 0 aromatic rings. The molecule has 1 amide bonds. The van der Waals surface area contributed by atoms with Gasteiger partial charge in [0.05, 0.1) is 6.54 Å². The molecule has 0 atom stereocenters. The van der Waals surface area contributed by atoms with Gasteiger partial charge in [0, 0.05) is 0 Å². The monoisotopic (exact) mass is 181 g/mol. The number of amidine groups is 1. The summed E-state index contributed by atoms with van der Waals surface area (Å²) >= 11 is 0. The van der Waals surface area contributed by atoms with Crippen molar-refractivity contribution in [2.45, 2.75) is 19.3 Å². The summed E-state index contributed by atoms with van der Waals surface area (Å²) in [7, 11) is 0. The molecule has 0 unspecified atom stereocenters. The van der Waals surface area contributed by atoms with Crippen LogP contribution in [0, 0.1) is 0 Å². The number of amides is 1. The van der Waals surface area contributed by atoms with Crippen LogP contribution in [0.15, 0.2) is 4.99 Å². The zero-order valence-corrected chi connectivity index (χ0v) is 7.75. The second-order valence-electron chi connectivity index (χ2n) is 3.65. The van der Waals surface area contributed by atoms with Crippen molar-refractivity contribution >= 4 is 11.7 Å². The van der Waals surface area contributed by atoms with Crippen LogP contribution >= 0.6 is 0 Å². The first kappa shape index (κ1) is 8.69. The molecule has 1 fully saturated rings. The third-order valence-electron chi connectivity index (χ3n) is 2.52. The zero-order chi connectivity index (χ0) is 9.10. The lowest BCUT2D eigenvalue weighted by molar-refractivity contribution is -0.117. The van der Waals surface area contributed by atoms with Crippen molar-refractivity contribution in [2.75, 3.05) is 26.2 Å². The number of piperidine rings is 1. The lowest BCUT2D eigenvalue weighted by Crippen LogP contribution is -2.39. The van der Waals surface area contributed by atoms with E-state index in [2.05, 4.69) is 15.2 Å². The van der Waals surface area contributed by atoms with Gasteiger partial charge in [-0.25, -0.2) is 0 Å². The molecule has 1 N–H and O–H groups in total. The molecular formula is C9H15N3O. The van der Waals surface area contributed by atoms with Crippen molar-refractivity contribution < 1.29 is 4.79 Å². The molecule has 0 bridgehead atoms. The van der Waals surface area contributed by atoms with Gasteiger partial charge in [-0.05, 0) is 25.9 Å². The van der Waals surface area contributed by atoms with Crippen LogP contribution < -0.4 is 5.32 Å². The SMILES string of the molecule is O=C1CN=C(CN2CCCCC2)N1. The molecule has 72 valence electrons. The molecule has 1 saturated heterocycles. The smallest absolute Gasteiger partial charge is 0.247 e.